The summed E-state index contributed by atoms with van der Waals surface area (Å²) in [5.74, 6) is 0. The molecule has 1 rings (SSSR count). The number of nitro groups is 1. The molecule has 1 aromatic rings. The predicted molar refractivity (Wildman–Crippen MR) is 54.5 cm³/mol. The number of hydrogen-bond donors (Lipinski definition) is 0. The Morgan fingerprint density at radius 2 is 2.23 bits per heavy atom. The van der Waals surface area contributed by atoms with E-state index in [1.54, 1.807) is 6.92 Å². The van der Waals surface area contributed by atoms with Crippen molar-refractivity contribution in [2.75, 3.05) is 0 Å². The molecule has 0 fully saturated rings. The van der Waals surface area contributed by atoms with Gasteiger partial charge in [0, 0.05) is 5.25 Å². The molecule has 0 aliphatic carbocycles. The molecule has 0 radical (unpaired) electrons. The van der Waals surface area contributed by atoms with E-state index >= 15 is 0 Å². The van der Waals surface area contributed by atoms with Crippen molar-refractivity contribution in [1.29, 1.82) is 0 Å². The van der Waals surface area contributed by atoms with Crippen LogP contribution in [-0.2, 0) is 0 Å². The number of nitrogens with zero attached hydrogens (tertiary/aromatic N) is 2. The highest BCUT2D eigenvalue weighted by Gasteiger charge is 2.20. The molecule has 0 bridgehead atoms. The highest BCUT2D eigenvalue weighted by atomic mass is 32.2. The van der Waals surface area contributed by atoms with Gasteiger partial charge in [-0.15, -0.1) is 0 Å². The fourth-order valence-corrected chi connectivity index (χ4v) is 2.58. The van der Waals surface area contributed by atoms with Crippen LogP contribution >= 0.6 is 23.1 Å². The number of thiazole rings is 1. The zero-order chi connectivity index (χ0) is 10.0. The van der Waals surface area contributed by atoms with Gasteiger partial charge in [-0.3, -0.25) is 10.1 Å². The van der Waals surface area contributed by atoms with Crippen molar-refractivity contribution in [3.05, 3.63) is 15.1 Å². The molecule has 4 nitrogen and oxygen atoms in total. The molecule has 6 heteroatoms. The average Bonchev–Trinajstić information content (AvgIpc) is 2.29. The molecule has 13 heavy (non-hydrogen) atoms. The van der Waals surface area contributed by atoms with Gasteiger partial charge in [0.1, 0.15) is 0 Å². The van der Waals surface area contributed by atoms with Crippen molar-refractivity contribution >= 4 is 28.1 Å². The standard InChI is InChI=1S/C7H10N2O2S2/c1-4(2)12-6-7(9(10)11)13-5(3)8-6/h4H,1-3H3. The summed E-state index contributed by atoms with van der Waals surface area (Å²) >= 11 is 2.57. The maximum Gasteiger partial charge on any atom is 0.357 e. The molecule has 0 atom stereocenters. The normalized spacial score (nSPS) is 10.8. The van der Waals surface area contributed by atoms with Crippen molar-refractivity contribution in [2.45, 2.75) is 31.0 Å². The minimum absolute atomic E-state index is 0.163. The highest BCUT2D eigenvalue weighted by molar-refractivity contribution is 8.00. The zero-order valence-corrected chi connectivity index (χ0v) is 9.24. The average molecular weight is 218 g/mol. The van der Waals surface area contributed by atoms with Gasteiger partial charge in [0.05, 0.1) is 9.93 Å². The summed E-state index contributed by atoms with van der Waals surface area (Å²) < 4.78 is 0. The third kappa shape index (κ3) is 2.67. The van der Waals surface area contributed by atoms with Crippen LogP contribution in [-0.4, -0.2) is 15.2 Å². The second-order valence-corrected chi connectivity index (χ2v) is 5.51. The molecular weight excluding hydrogens is 208 g/mol. The summed E-state index contributed by atoms with van der Waals surface area (Å²) in [5.41, 5.74) is 0. The lowest BCUT2D eigenvalue weighted by molar-refractivity contribution is -0.383. The maximum atomic E-state index is 10.6. The molecule has 1 heterocycles. The predicted octanol–water partition coefficient (Wildman–Crippen LogP) is 2.86. The summed E-state index contributed by atoms with van der Waals surface area (Å²) in [6.07, 6.45) is 0. The van der Waals surface area contributed by atoms with Gasteiger partial charge in [0.15, 0.2) is 5.03 Å². The van der Waals surface area contributed by atoms with Crippen molar-refractivity contribution < 1.29 is 4.92 Å². The molecule has 0 N–H and O–H groups in total. The minimum Gasteiger partial charge on any atom is -0.257 e. The van der Waals surface area contributed by atoms with E-state index in [4.69, 9.17) is 0 Å². The van der Waals surface area contributed by atoms with E-state index in [0.717, 1.165) is 16.3 Å². The summed E-state index contributed by atoms with van der Waals surface area (Å²) in [6, 6.07) is 0. The van der Waals surface area contributed by atoms with Crippen LogP contribution in [0.15, 0.2) is 5.03 Å². The van der Waals surface area contributed by atoms with E-state index in [2.05, 4.69) is 4.98 Å². The Kier molecular flexibility index (Phi) is 3.27. The van der Waals surface area contributed by atoms with E-state index in [9.17, 15) is 10.1 Å². The van der Waals surface area contributed by atoms with E-state index in [1.165, 1.54) is 11.8 Å². The first-order chi connectivity index (χ1) is 6.00. The fourth-order valence-electron chi connectivity index (χ4n) is 0.813. The number of rotatable bonds is 3. The molecular formula is C7H10N2O2S2. The summed E-state index contributed by atoms with van der Waals surface area (Å²) in [7, 11) is 0. The Balaban J connectivity index is 2.97. The molecule has 0 unspecified atom stereocenters. The van der Waals surface area contributed by atoms with Gasteiger partial charge in [-0.1, -0.05) is 25.6 Å². The van der Waals surface area contributed by atoms with Gasteiger partial charge in [0.25, 0.3) is 0 Å². The Hall–Kier alpha value is -0.620. The van der Waals surface area contributed by atoms with Gasteiger partial charge in [-0.05, 0) is 18.3 Å². The molecule has 72 valence electrons. The van der Waals surface area contributed by atoms with Gasteiger partial charge < -0.3 is 0 Å². The Bertz CT molecular complexity index is 322. The lowest BCUT2D eigenvalue weighted by Crippen LogP contribution is -1.91. The number of aromatic nitrogens is 1. The lowest BCUT2D eigenvalue weighted by atomic mass is 10.6. The molecule has 0 saturated carbocycles. The Labute approximate surface area is 84.5 Å². The monoisotopic (exact) mass is 218 g/mol. The first-order valence-corrected chi connectivity index (χ1v) is 5.48. The van der Waals surface area contributed by atoms with E-state index in [-0.39, 0.29) is 9.92 Å². The lowest BCUT2D eigenvalue weighted by Gasteiger charge is -1.98. The Morgan fingerprint density at radius 1 is 1.62 bits per heavy atom. The third-order valence-corrected chi connectivity index (χ3v) is 3.23. The molecule has 0 aromatic carbocycles. The van der Waals surface area contributed by atoms with Gasteiger partial charge in [-0.2, -0.15) is 0 Å². The van der Waals surface area contributed by atoms with E-state index in [1.807, 2.05) is 13.8 Å². The number of hydrogen-bond acceptors (Lipinski definition) is 5. The quantitative estimate of drug-likeness (QED) is 0.444. The first-order valence-electron chi connectivity index (χ1n) is 3.79. The van der Waals surface area contributed by atoms with Crippen LogP contribution in [0.2, 0.25) is 0 Å². The summed E-state index contributed by atoms with van der Waals surface area (Å²) in [6.45, 7) is 5.76. The topological polar surface area (TPSA) is 56.0 Å². The number of thioether (sulfide) groups is 1. The highest BCUT2D eigenvalue weighted by Crippen LogP contribution is 2.35. The largest absolute Gasteiger partial charge is 0.357 e. The fraction of sp³-hybridized carbons (Fsp3) is 0.571. The second-order valence-electron chi connectivity index (χ2n) is 2.77. The molecule has 0 aliphatic heterocycles. The van der Waals surface area contributed by atoms with E-state index in [0.29, 0.717) is 10.3 Å². The van der Waals surface area contributed by atoms with Crippen molar-refractivity contribution in [2.24, 2.45) is 0 Å². The second kappa shape index (κ2) is 4.06. The smallest absolute Gasteiger partial charge is 0.257 e. The van der Waals surface area contributed by atoms with Crippen LogP contribution in [0.3, 0.4) is 0 Å². The minimum atomic E-state index is -0.366. The van der Waals surface area contributed by atoms with Crippen molar-refractivity contribution in [3.63, 3.8) is 0 Å². The van der Waals surface area contributed by atoms with Crippen LogP contribution in [0.4, 0.5) is 5.00 Å². The third-order valence-electron chi connectivity index (χ3n) is 1.20. The summed E-state index contributed by atoms with van der Waals surface area (Å²) in [5, 5.41) is 12.4. The van der Waals surface area contributed by atoms with Gasteiger partial charge in [0.2, 0.25) is 0 Å². The van der Waals surface area contributed by atoms with Crippen LogP contribution in [0.5, 0.6) is 0 Å². The first kappa shape index (κ1) is 10.5. The van der Waals surface area contributed by atoms with E-state index < -0.39 is 0 Å². The van der Waals surface area contributed by atoms with Gasteiger partial charge in [-0.25, -0.2) is 4.98 Å². The van der Waals surface area contributed by atoms with Crippen LogP contribution in [0.1, 0.15) is 18.9 Å². The van der Waals surface area contributed by atoms with Crippen LogP contribution in [0, 0.1) is 17.0 Å². The van der Waals surface area contributed by atoms with Crippen LogP contribution < -0.4 is 0 Å². The van der Waals surface area contributed by atoms with Crippen molar-refractivity contribution in [1.82, 2.24) is 4.98 Å². The maximum absolute atomic E-state index is 10.6. The zero-order valence-electron chi connectivity index (χ0n) is 7.60. The molecule has 0 amide bonds. The van der Waals surface area contributed by atoms with Gasteiger partial charge >= 0.3 is 5.00 Å². The molecule has 0 aliphatic rings. The molecule has 1 aromatic heterocycles. The molecule has 0 spiro atoms. The summed E-state index contributed by atoms with van der Waals surface area (Å²) in [4.78, 5) is 14.3. The number of aryl methyl sites for hydroxylation is 1. The van der Waals surface area contributed by atoms with Crippen molar-refractivity contribution in [3.8, 4) is 0 Å². The SMILES string of the molecule is Cc1nc(SC(C)C)c([N+](=O)[O-])s1. The Morgan fingerprint density at radius 3 is 2.69 bits per heavy atom. The molecule has 0 saturated heterocycles. The van der Waals surface area contributed by atoms with Crippen LogP contribution in [0.25, 0.3) is 0 Å².